The number of aromatic hydroxyl groups is 1. The van der Waals surface area contributed by atoms with E-state index in [1.807, 2.05) is 0 Å². The Kier molecular flexibility index (Phi) is 10.5. The van der Waals surface area contributed by atoms with Gasteiger partial charge in [-0.15, -0.1) is 0 Å². The van der Waals surface area contributed by atoms with Crippen LogP contribution < -0.4 is 10.1 Å². The summed E-state index contributed by atoms with van der Waals surface area (Å²) in [6.07, 6.45) is 4.99. The van der Waals surface area contributed by atoms with Crippen LogP contribution in [0.25, 0.3) is 0 Å². The van der Waals surface area contributed by atoms with E-state index in [2.05, 4.69) is 26.1 Å². The van der Waals surface area contributed by atoms with Crippen molar-refractivity contribution in [3.8, 4) is 11.5 Å². The molecule has 4 saturated carbocycles. The number of hydrogen-bond acceptors (Lipinski definition) is 9. The monoisotopic (exact) mass is 659 g/mol. The summed E-state index contributed by atoms with van der Waals surface area (Å²) in [7, 11) is 0. The lowest BCUT2D eigenvalue weighted by molar-refractivity contribution is -0.207. The Morgan fingerprint density at radius 2 is 1.79 bits per heavy atom. The van der Waals surface area contributed by atoms with E-state index in [1.165, 1.54) is 19.1 Å². The van der Waals surface area contributed by atoms with Crippen molar-refractivity contribution in [2.24, 2.45) is 46.3 Å². The molecule has 12 atom stereocenters. The number of hydrogen-bond donors (Lipinski definition) is 6. The summed E-state index contributed by atoms with van der Waals surface area (Å²) in [5.41, 5.74) is 0.107. The number of fused-ring (bicyclic) bond motifs is 5. The zero-order chi connectivity index (χ0) is 34.3. The Labute approximate surface area is 277 Å². The molecule has 6 N–H and O–H groups in total. The first-order chi connectivity index (χ1) is 22.1. The summed E-state index contributed by atoms with van der Waals surface area (Å²) >= 11 is 0. The van der Waals surface area contributed by atoms with Crippen molar-refractivity contribution in [1.82, 2.24) is 5.32 Å². The van der Waals surface area contributed by atoms with E-state index in [0.717, 1.165) is 32.1 Å². The van der Waals surface area contributed by atoms with E-state index in [4.69, 9.17) is 9.47 Å². The van der Waals surface area contributed by atoms with Crippen LogP contribution in [0.4, 0.5) is 0 Å². The molecular formula is C36H53NO10. The van der Waals surface area contributed by atoms with Gasteiger partial charge in [0.05, 0.1) is 18.3 Å². The lowest BCUT2D eigenvalue weighted by Gasteiger charge is -2.63. The second kappa shape index (κ2) is 13.9. The van der Waals surface area contributed by atoms with Crippen LogP contribution in [0.3, 0.4) is 0 Å². The third-order valence-corrected chi connectivity index (χ3v) is 12.9. The van der Waals surface area contributed by atoms with E-state index < -0.39 is 30.2 Å². The highest BCUT2D eigenvalue weighted by molar-refractivity contribution is 5.83. The fraction of sp³-hybridized carbons (Fsp3) is 0.750. The van der Waals surface area contributed by atoms with Crippen LogP contribution in [-0.2, 0) is 25.5 Å². The molecule has 0 heterocycles. The minimum Gasteiger partial charge on any atom is -0.504 e. The standard InChI is InChI=1S/C36H53NO10/c1-19(5-10-32(43)37-27(34(44)45)13-21-6-9-30(28(40)14-21)47-18-46-20(2)38)24-7-8-25-33-26(17-31(42)36(24,25)4)35(3)12-11-23(39)15-22(35)16-29(33)41/h6,9,14,19,22-27,29,31,33,39-42H,5,7-8,10-13,15-18H2,1-4H3,(H,37,43)(H,44,45)/t19-,22?,23-,24?,25?,26?,27?,29-,31+,33?,35+,36-/m1/s1. The van der Waals surface area contributed by atoms with Crippen LogP contribution >= 0.6 is 0 Å². The van der Waals surface area contributed by atoms with Gasteiger partial charge in [0.25, 0.3) is 0 Å². The maximum Gasteiger partial charge on any atom is 0.326 e. The van der Waals surface area contributed by atoms with Crippen LogP contribution in [0.2, 0.25) is 0 Å². The number of amides is 1. The normalized spacial score (nSPS) is 37.4. The van der Waals surface area contributed by atoms with Crippen molar-refractivity contribution >= 4 is 17.8 Å². The topological polar surface area (TPSA) is 183 Å². The summed E-state index contributed by atoms with van der Waals surface area (Å²) in [4.78, 5) is 36.0. The number of carboxylic acid groups (broad SMARTS) is 1. The fourth-order valence-corrected chi connectivity index (χ4v) is 10.4. The zero-order valence-corrected chi connectivity index (χ0v) is 28.1. The first-order valence-electron chi connectivity index (χ1n) is 17.3. The Hall–Kier alpha value is -2.89. The number of benzene rings is 1. The van der Waals surface area contributed by atoms with Gasteiger partial charge in [-0.1, -0.05) is 26.8 Å². The van der Waals surface area contributed by atoms with Gasteiger partial charge < -0.3 is 40.3 Å². The van der Waals surface area contributed by atoms with Crippen molar-refractivity contribution in [2.75, 3.05) is 6.79 Å². The molecule has 4 aliphatic carbocycles. The number of carbonyl (C=O) groups is 3. The molecule has 11 nitrogen and oxygen atoms in total. The number of phenolic OH excluding ortho intramolecular Hbond substituents is 1. The summed E-state index contributed by atoms with van der Waals surface area (Å²) in [6.45, 7) is 7.48. The molecule has 0 aromatic heterocycles. The van der Waals surface area contributed by atoms with Gasteiger partial charge in [0.2, 0.25) is 12.7 Å². The molecule has 1 amide bonds. The molecule has 0 radical (unpaired) electrons. The summed E-state index contributed by atoms with van der Waals surface area (Å²) < 4.78 is 9.91. The van der Waals surface area contributed by atoms with Crippen LogP contribution in [0.15, 0.2) is 18.2 Å². The van der Waals surface area contributed by atoms with E-state index in [-0.39, 0.29) is 89.5 Å². The third kappa shape index (κ3) is 6.99. The van der Waals surface area contributed by atoms with E-state index in [0.29, 0.717) is 24.8 Å². The minimum absolute atomic E-state index is 0.00765. The number of carbonyl (C=O) groups excluding carboxylic acids is 2. The first kappa shape index (κ1) is 35.4. The number of rotatable bonds is 11. The van der Waals surface area contributed by atoms with Crippen molar-refractivity contribution in [2.45, 2.75) is 116 Å². The molecule has 11 heteroatoms. The molecule has 1 aromatic rings. The molecule has 5 rings (SSSR count). The van der Waals surface area contributed by atoms with Crippen molar-refractivity contribution < 1.29 is 49.4 Å². The zero-order valence-electron chi connectivity index (χ0n) is 28.1. The van der Waals surface area contributed by atoms with Gasteiger partial charge in [-0.25, -0.2) is 4.79 Å². The van der Waals surface area contributed by atoms with Crippen LogP contribution in [-0.4, -0.2) is 74.5 Å². The van der Waals surface area contributed by atoms with Gasteiger partial charge in [0.15, 0.2) is 11.5 Å². The van der Waals surface area contributed by atoms with E-state index in [9.17, 15) is 39.9 Å². The van der Waals surface area contributed by atoms with Gasteiger partial charge in [0, 0.05) is 19.8 Å². The third-order valence-electron chi connectivity index (χ3n) is 12.9. The smallest absolute Gasteiger partial charge is 0.326 e. The fourth-order valence-electron chi connectivity index (χ4n) is 10.4. The number of ether oxygens (including phenoxy) is 2. The second-order valence-corrected chi connectivity index (χ2v) is 15.4. The molecule has 4 aliphatic rings. The number of aliphatic carboxylic acids is 1. The first-order valence-corrected chi connectivity index (χ1v) is 17.3. The summed E-state index contributed by atoms with van der Waals surface area (Å²) in [6, 6.07) is 3.17. The molecule has 0 aliphatic heterocycles. The van der Waals surface area contributed by atoms with Crippen molar-refractivity contribution in [1.29, 1.82) is 0 Å². The molecule has 4 fully saturated rings. The van der Waals surface area contributed by atoms with E-state index in [1.54, 1.807) is 6.07 Å². The molecule has 47 heavy (non-hydrogen) atoms. The predicted molar refractivity (Wildman–Crippen MR) is 171 cm³/mol. The molecule has 0 spiro atoms. The van der Waals surface area contributed by atoms with E-state index >= 15 is 0 Å². The molecular weight excluding hydrogens is 606 g/mol. The van der Waals surface area contributed by atoms with Crippen LogP contribution in [0, 0.1) is 46.3 Å². The maximum absolute atomic E-state index is 13.0. The quantitative estimate of drug-likeness (QED) is 0.151. The average molecular weight is 660 g/mol. The Morgan fingerprint density at radius 3 is 2.47 bits per heavy atom. The number of esters is 1. The lowest BCUT2D eigenvalue weighted by Crippen LogP contribution is -2.62. The van der Waals surface area contributed by atoms with Gasteiger partial charge in [-0.2, -0.15) is 0 Å². The lowest BCUT2D eigenvalue weighted by atomic mass is 9.43. The highest BCUT2D eigenvalue weighted by Gasteiger charge is 2.65. The Balaban J connectivity index is 1.18. The molecule has 0 bridgehead atoms. The van der Waals surface area contributed by atoms with Crippen LogP contribution in [0.1, 0.15) is 91.0 Å². The van der Waals surface area contributed by atoms with Crippen molar-refractivity contribution in [3.63, 3.8) is 0 Å². The van der Waals surface area contributed by atoms with Gasteiger partial charge >= 0.3 is 11.9 Å². The molecule has 262 valence electrons. The van der Waals surface area contributed by atoms with Gasteiger partial charge in [0.1, 0.15) is 6.04 Å². The number of aliphatic hydroxyl groups is 3. The summed E-state index contributed by atoms with van der Waals surface area (Å²) in [5.74, 6) is -1.21. The minimum atomic E-state index is -1.20. The predicted octanol–water partition coefficient (Wildman–Crippen LogP) is 3.78. The highest BCUT2D eigenvalue weighted by atomic mass is 16.7. The number of nitrogens with one attached hydrogen (secondary N) is 1. The summed E-state index contributed by atoms with van der Waals surface area (Å²) in [5, 5.41) is 56.4. The molecule has 6 unspecified atom stereocenters. The second-order valence-electron chi connectivity index (χ2n) is 15.4. The Bertz CT molecular complexity index is 1320. The maximum atomic E-state index is 13.0. The van der Waals surface area contributed by atoms with Crippen LogP contribution in [0.5, 0.6) is 11.5 Å². The van der Waals surface area contributed by atoms with Crippen molar-refractivity contribution in [3.05, 3.63) is 23.8 Å². The molecule has 1 aromatic carbocycles. The number of phenols is 1. The highest BCUT2D eigenvalue weighted by Crippen LogP contribution is 2.68. The number of carboxylic acids is 1. The molecule has 0 saturated heterocycles. The van der Waals surface area contributed by atoms with Gasteiger partial charge in [-0.3, -0.25) is 9.59 Å². The SMILES string of the molecule is CC(=O)OCOc1ccc(CC(NC(=O)CC[C@@H](C)C2CCC3C4C(C[C@H](O)[C@@]32C)[C@@]2(C)CC[C@@H](O)CC2C[C@H]4O)C(=O)O)cc1O. The number of aliphatic hydroxyl groups excluding tert-OH is 3. The average Bonchev–Trinajstić information content (AvgIpc) is 3.36. The largest absolute Gasteiger partial charge is 0.504 e. The Morgan fingerprint density at radius 1 is 1.04 bits per heavy atom. The van der Waals surface area contributed by atoms with Gasteiger partial charge in [-0.05, 0) is 115 Å².